The monoisotopic (exact) mass is 616 g/mol. The molecule has 0 unspecified atom stereocenters. The number of benzene rings is 2. The van der Waals surface area contributed by atoms with Crippen molar-refractivity contribution < 1.29 is 9.13 Å². The highest BCUT2D eigenvalue weighted by molar-refractivity contribution is 5.66. The molecule has 0 saturated carbocycles. The number of pyridine rings is 2. The highest BCUT2D eigenvalue weighted by Crippen LogP contribution is 2.28. The number of aromatic nitrogens is 4. The van der Waals surface area contributed by atoms with Crippen LogP contribution in [-0.2, 0) is 4.74 Å². The summed E-state index contributed by atoms with van der Waals surface area (Å²) in [6.45, 7) is 3.83. The van der Waals surface area contributed by atoms with E-state index in [1.54, 1.807) is 7.11 Å². The van der Waals surface area contributed by atoms with E-state index in [9.17, 15) is 4.39 Å². The summed E-state index contributed by atoms with van der Waals surface area (Å²) in [5.74, 6) is 0.547. The standard InChI is InChI=1S/C20H22FN3.C18H19N3O/c21-10-6-16-7-11-23(12-8-16)18-9-13-24-15-19(22-20(24)14-18)17-4-2-1-3-5-17;1-22-16-8-10-20(12-16)15-7-9-21-13-17(19-18(21)11-15)14-5-3-2-4-6-14/h1-5,9,13-16H,6-8,10-12H2;2-7,9,11,13,16H,8,10,12H2,1H3/t;16-/m.0/s1. The van der Waals surface area contributed by atoms with E-state index in [-0.39, 0.29) is 6.67 Å². The van der Waals surface area contributed by atoms with Gasteiger partial charge in [-0.3, -0.25) is 4.39 Å². The van der Waals surface area contributed by atoms with Crippen LogP contribution in [0.4, 0.5) is 15.8 Å². The molecular weight excluding hydrogens is 575 g/mol. The Balaban J connectivity index is 0.000000147. The summed E-state index contributed by atoms with van der Waals surface area (Å²) < 4.78 is 22.1. The Labute approximate surface area is 269 Å². The first-order chi connectivity index (χ1) is 22.7. The van der Waals surface area contributed by atoms with E-state index in [1.165, 1.54) is 11.4 Å². The Kier molecular flexibility index (Phi) is 8.96. The van der Waals surface area contributed by atoms with Crippen LogP contribution < -0.4 is 9.80 Å². The minimum Gasteiger partial charge on any atom is -0.380 e. The van der Waals surface area contributed by atoms with Gasteiger partial charge in [0.15, 0.2) is 0 Å². The van der Waals surface area contributed by atoms with Crippen molar-refractivity contribution >= 4 is 22.7 Å². The maximum Gasteiger partial charge on any atom is 0.139 e. The van der Waals surface area contributed by atoms with Crippen molar-refractivity contribution in [3.8, 4) is 22.5 Å². The molecule has 8 rings (SSSR count). The number of imidazole rings is 2. The van der Waals surface area contributed by atoms with Gasteiger partial charge in [0.25, 0.3) is 0 Å². The quantitative estimate of drug-likeness (QED) is 0.183. The second-order valence-corrected chi connectivity index (χ2v) is 12.3. The molecule has 0 aliphatic carbocycles. The van der Waals surface area contributed by atoms with E-state index >= 15 is 0 Å². The molecule has 8 heteroatoms. The molecule has 7 nitrogen and oxygen atoms in total. The lowest BCUT2D eigenvalue weighted by molar-refractivity contribution is 0.121. The number of hydrogen-bond acceptors (Lipinski definition) is 5. The maximum absolute atomic E-state index is 12.5. The number of anilines is 2. The van der Waals surface area contributed by atoms with Crippen molar-refractivity contribution in [3.63, 3.8) is 0 Å². The van der Waals surface area contributed by atoms with Crippen LogP contribution in [0.2, 0.25) is 0 Å². The zero-order valence-corrected chi connectivity index (χ0v) is 26.4. The number of methoxy groups -OCH3 is 1. The van der Waals surface area contributed by atoms with E-state index < -0.39 is 0 Å². The number of nitrogens with zero attached hydrogens (tertiary/aromatic N) is 6. The first-order valence-electron chi connectivity index (χ1n) is 16.3. The SMILES string of the molecule is CO[C@H]1CCN(c2ccn3cc(-c4ccccc4)nc3c2)C1.FCCC1CCN(c2ccn3cc(-c4ccccc4)nc3c2)CC1. The topological polar surface area (TPSA) is 50.3 Å². The van der Waals surface area contributed by atoms with E-state index in [2.05, 4.69) is 91.9 Å². The molecule has 2 saturated heterocycles. The Hall–Kier alpha value is -4.69. The van der Waals surface area contributed by atoms with Gasteiger partial charge in [-0.15, -0.1) is 0 Å². The van der Waals surface area contributed by atoms with E-state index in [0.29, 0.717) is 18.4 Å². The highest BCUT2D eigenvalue weighted by Gasteiger charge is 2.23. The number of fused-ring (bicyclic) bond motifs is 2. The summed E-state index contributed by atoms with van der Waals surface area (Å²) in [5.41, 5.74) is 8.67. The number of piperidine rings is 1. The Bertz CT molecular complexity index is 1860. The molecule has 2 aliphatic rings. The summed E-state index contributed by atoms with van der Waals surface area (Å²) in [6, 6.07) is 29.2. The molecule has 2 fully saturated rings. The molecule has 4 aromatic heterocycles. The molecule has 2 aliphatic heterocycles. The van der Waals surface area contributed by atoms with Gasteiger partial charge >= 0.3 is 0 Å². The third kappa shape index (κ3) is 6.63. The summed E-state index contributed by atoms with van der Waals surface area (Å²) in [7, 11) is 1.79. The fraction of sp³-hybridized carbons (Fsp3) is 0.316. The van der Waals surface area contributed by atoms with Crippen LogP contribution in [-0.4, -0.2) is 64.8 Å². The Morgan fingerprint density at radius 2 is 1.22 bits per heavy atom. The number of hydrogen-bond donors (Lipinski definition) is 0. The van der Waals surface area contributed by atoms with Gasteiger partial charge in [-0.1, -0.05) is 60.7 Å². The minimum absolute atomic E-state index is 0.188. The van der Waals surface area contributed by atoms with E-state index in [0.717, 1.165) is 79.3 Å². The molecule has 0 bridgehead atoms. The van der Waals surface area contributed by atoms with E-state index in [4.69, 9.17) is 14.7 Å². The van der Waals surface area contributed by atoms with Gasteiger partial charge in [0, 0.05) is 92.7 Å². The third-order valence-corrected chi connectivity index (χ3v) is 9.37. The van der Waals surface area contributed by atoms with E-state index in [1.807, 2.05) is 36.4 Å². The van der Waals surface area contributed by atoms with Crippen LogP contribution in [0.1, 0.15) is 25.7 Å². The van der Waals surface area contributed by atoms with Crippen LogP contribution in [0.25, 0.3) is 33.8 Å². The molecular formula is C38H41FN6O. The predicted octanol–water partition coefficient (Wildman–Crippen LogP) is 7.80. The smallest absolute Gasteiger partial charge is 0.139 e. The number of alkyl halides is 1. The van der Waals surface area contributed by atoms with Gasteiger partial charge < -0.3 is 23.3 Å². The van der Waals surface area contributed by atoms with Gasteiger partial charge in [-0.2, -0.15) is 0 Å². The lowest BCUT2D eigenvalue weighted by atomic mass is 9.94. The molecule has 0 amide bonds. The Morgan fingerprint density at radius 3 is 1.72 bits per heavy atom. The summed E-state index contributed by atoms with van der Waals surface area (Å²) in [6.07, 6.45) is 12.6. The lowest BCUT2D eigenvalue weighted by Gasteiger charge is -2.33. The number of halogens is 1. The van der Waals surface area contributed by atoms with Crippen molar-refractivity contribution in [2.24, 2.45) is 5.92 Å². The first-order valence-corrected chi connectivity index (χ1v) is 16.3. The van der Waals surface area contributed by atoms with Crippen molar-refractivity contribution in [1.82, 2.24) is 18.8 Å². The molecule has 236 valence electrons. The fourth-order valence-corrected chi connectivity index (χ4v) is 6.62. The average Bonchev–Trinajstić information content (AvgIpc) is 3.88. The van der Waals surface area contributed by atoms with Gasteiger partial charge in [-0.25, -0.2) is 9.97 Å². The van der Waals surface area contributed by atoms with Crippen molar-refractivity contribution in [3.05, 3.63) is 110 Å². The van der Waals surface area contributed by atoms with Crippen LogP contribution in [0.15, 0.2) is 110 Å². The highest BCUT2D eigenvalue weighted by atomic mass is 19.1. The first kappa shape index (κ1) is 30.0. The van der Waals surface area contributed by atoms with Crippen LogP contribution in [0, 0.1) is 5.92 Å². The second kappa shape index (κ2) is 13.7. The summed E-state index contributed by atoms with van der Waals surface area (Å²) in [4.78, 5) is 14.3. The molecule has 1 atom stereocenters. The van der Waals surface area contributed by atoms with Gasteiger partial charge in [0.05, 0.1) is 24.2 Å². The molecule has 46 heavy (non-hydrogen) atoms. The number of rotatable bonds is 7. The van der Waals surface area contributed by atoms with Crippen LogP contribution in [0.5, 0.6) is 0 Å². The molecule has 0 N–H and O–H groups in total. The second-order valence-electron chi connectivity index (χ2n) is 12.3. The number of ether oxygens (including phenoxy) is 1. The zero-order valence-electron chi connectivity index (χ0n) is 26.4. The van der Waals surface area contributed by atoms with Crippen molar-refractivity contribution in [2.45, 2.75) is 31.8 Å². The molecule has 6 heterocycles. The fourth-order valence-electron chi connectivity index (χ4n) is 6.62. The maximum atomic E-state index is 12.5. The van der Waals surface area contributed by atoms with Crippen LogP contribution >= 0.6 is 0 Å². The summed E-state index contributed by atoms with van der Waals surface area (Å²) in [5, 5.41) is 0. The molecule has 0 spiro atoms. The van der Waals surface area contributed by atoms with Gasteiger partial charge in [-0.05, 0) is 43.7 Å². The third-order valence-electron chi connectivity index (χ3n) is 9.37. The normalized spacial score (nSPS) is 17.0. The largest absolute Gasteiger partial charge is 0.380 e. The minimum atomic E-state index is -0.188. The molecule has 2 aromatic carbocycles. The van der Waals surface area contributed by atoms with Crippen molar-refractivity contribution in [1.29, 1.82) is 0 Å². The van der Waals surface area contributed by atoms with Gasteiger partial charge in [0.2, 0.25) is 0 Å². The van der Waals surface area contributed by atoms with Crippen molar-refractivity contribution in [2.75, 3.05) is 49.8 Å². The predicted molar refractivity (Wildman–Crippen MR) is 184 cm³/mol. The average molecular weight is 617 g/mol. The molecule has 6 aromatic rings. The molecule has 0 radical (unpaired) electrons. The lowest BCUT2D eigenvalue weighted by Crippen LogP contribution is -2.33. The summed E-state index contributed by atoms with van der Waals surface area (Å²) >= 11 is 0. The zero-order chi connectivity index (χ0) is 31.3. The van der Waals surface area contributed by atoms with Gasteiger partial charge in [0.1, 0.15) is 11.3 Å². The van der Waals surface area contributed by atoms with Crippen LogP contribution in [0.3, 0.4) is 0 Å². The Morgan fingerprint density at radius 1 is 0.696 bits per heavy atom.